The minimum Gasteiger partial charge on any atom is -0.341 e. The molecule has 0 fully saturated rings. The summed E-state index contributed by atoms with van der Waals surface area (Å²) in [5.74, 6) is -1.95. The zero-order valence-corrected chi connectivity index (χ0v) is 16.2. The van der Waals surface area contributed by atoms with Crippen molar-refractivity contribution in [1.82, 2.24) is 15.2 Å². The van der Waals surface area contributed by atoms with Crippen LogP contribution in [0.3, 0.4) is 0 Å². The fourth-order valence-electron chi connectivity index (χ4n) is 3.20. The number of imide groups is 1. The van der Waals surface area contributed by atoms with Crippen molar-refractivity contribution in [2.45, 2.75) is 6.04 Å². The number of fused-ring (bicyclic) bond motifs is 1. The molecule has 1 atom stereocenters. The topological polar surface area (TPSA) is 123 Å². The molecule has 3 aromatic rings. The summed E-state index contributed by atoms with van der Waals surface area (Å²) in [7, 11) is 0. The first-order valence-corrected chi connectivity index (χ1v) is 9.72. The van der Waals surface area contributed by atoms with Crippen molar-refractivity contribution in [3.05, 3.63) is 91.9 Å². The molecule has 10 heteroatoms. The second kappa shape index (κ2) is 7.84. The molecule has 4 rings (SSSR count). The highest BCUT2D eigenvalue weighted by Gasteiger charge is 2.38. The predicted molar refractivity (Wildman–Crippen MR) is 107 cm³/mol. The van der Waals surface area contributed by atoms with Gasteiger partial charge < -0.3 is 5.32 Å². The van der Waals surface area contributed by atoms with Crippen LogP contribution in [-0.4, -0.2) is 39.1 Å². The van der Waals surface area contributed by atoms with Crippen molar-refractivity contribution in [3.8, 4) is 0 Å². The Bertz CT molecular complexity index is 1150. The van der Waals surface area contributed by atoms with E-state index in [1.807, 2.05) is 30.3 Å². The summed E-state index contributed by atoms with van der Waals surface area (Å²) in [6, 6.07) is 12.1. The number of nitrogens with zero attached hydrogens (tertiary/aromatic N) is 3. The Morgan fingerprint density at radius 1 is 1.13 bits per heavy atom. The van der Waals surface area contributed by atoms with Crippen LogP contribution in [0.15, 0.2) is 60.1 Å². The number of nitro benzene ring substituents is 1. The SMILES string of the molecule is O=C(CN1C(=O)c2ccc([N+](=O)[O-])cc2C1=O)NC(c1ccccc1)c1nccs1. The fourth-order valence-corrected chi connectivity index (χ4v) is 3.91. The molecule has 0 radical (unpaired) electrons. The van der Waals surface area contributed by atoms with Gasteiger partial charge in [0.05, 0.1) is 16.1 Å². The van der Waals surface area contributed by atoms with Crippen LogP contribution in [0.5, 0.6) is 0 Å². The molecule has 0 saturated carbocycles. The van der Waals surface area contributed by atoms with Gasteiger partial charge in [0, 0.05) is 23.7 Å². The van der Waals surface area contributed by atoms with E-state index in [4.69, 9.17) is 0 Å². The summed E-state index contributed by atoms with van der Waals surface area (Å²) >= 11 is 1.37. The molecule has 150 valence electrons. The third-order valence-corrected chi connectivity index (χ3v) is 5.44. The lowest BCUT2D eigenvalue weighted by molar-refractivity contribution is -0.384. The summed E-state index contributed by atoms with van der Waals surface area (Å²) in [5, 5.41) is 16.2. The molecule has 1 aliphatic heterocycles. The van der Waals surface area contributed by atoms with Crippen LogP contribution < -0.4 is 5.32 Å². The van der Waals surface area contributed by atoms with Crippen LogP contribution in [0.2, 0.25) is 0 Å². The molecule has 1 aliphatic rings. The van der Waals surface area contributed by atoms with Crippen LogP contribution in [0.25, 0.3) is 0 Å². The third-order valence-electron chi connectivity index (χ3n) is 4.60. The van der Waals surface area contributed by atoms with Crippen LogP contribution in [0.4, 0.5) is 5.69 Å². The standard InChI is InChI=1S/C20H14N4O5S/c25-16(22-17(18-21-8-9-30-18)12-4-2-1-3-5-12)11-23-19(26)14-7-6-13(24(28)29)10-15(14)20(23)27/h1-10,17H,11H2,(H,22,25). The number of benzene rings is 2. The molecule has 2 heterocycles. The van der Waals surface area contributed by atoms with Gasteiger partial charge in [0.15, 0.2) is 0 Å². The van der Waals surface area contributed by atoms with Crippen molar-refractivity contribution in [1.29, 1.82) is 0 Å². The number of carbonyl (C=O) groups is 3. The molecule has 1 unspecified atom stereocenters. The van der Waals surface area contributed by atoms with Gasteiger partial charge in [0.1, 0.15) is 17.6 Å². The van der Waals surface area contributed by atoms with Crippen molar-refractivity contribution >= 4 is 34.7 Å². The molecule has 1 N–H and O–H groups in total. The largest absolute Gasteiger partial charge is 0.341 e. The molecule has 0 spiro atoms. The van der Waals surface area contributed by atoms with Crippen molar-refractivity contribution in [3.63, 3.8) is 0 Å². The molecule has 2 aromatic carbocycles. The van der Waals surface area contributed by atoms with E-state index in [0.29, 0.717) is 5.01 Å². The van der Waals surface area contributed by atoms with Gasteiger partial charge in [-0.3, -0.25) is 29.4 Å². The molecule has 1 aromatic heterocycles. The first kappa shape index (κ1) is 19.4. The molecular formula is C20H14N4O5S. The van der Waals surface area contributed by atoms with E-state index in [-0.39, 0.29) is 16.8 Å². The molecule has 0 saturated heterocycles. The molecule has 3 amide bonds. The van der Waals surface area contributed by atoms with Gasteiger partial charge in [-0.2, -0.15) is 0 Å². The summed E-state index contributed by atoms with van der Waals surface area (Å²) in [6.45, 7) is -0.505. The lowest BCUT2D eigenvalue weighted by atomic mass is 10.1. The number of hydrogen-bond donors (Lipinski definition) is 1. The number of nitro groups is 1. The van der Waals surface area contributed by atoms with Gasteiger partial charge in [-0.1, -0.05) is 30.3 Å². The maximum absolute atomic E-state index is 12.7. The Balaban J connectivity index is 1.54. The Kier molecular flexibility index (Phi) is 5.07. The Morgan fingerprint density at radius 3 is 2.53 bits per heavy atom. The number of aromatic nitrogens is 1. The maximum atomic E-state index is 12.7. The number of amides is 3. The lowest BCUT2D eigenvalue weighted by Gasteiger charge is -2.19. The number of rotatable bonds is 6. The monoisotopic (exact) mass is 422 g/mol. The number of carbonyl (C=O) groups excluding carboxylic acids is 3. The average molecular weight is 422 g/mol. The van der Waals surface area contributed by atoms with Gasteiger partial charge in [-0.25, -0.2) is 4.98 Å². The van der Waals surface area contributed by atoms with Gasteiger partial charge >= 0.3 is 0 Å². The molecule has 0 aliphatic carbocycles. The van der Waals surface area contributed by atoms with E-state index in [2.05, 4.69) is 10.3 Å². The third kappa shape index (κ3) is 3.55. The zero-order chi connectivity index (χ0) is 21.3. The highest BCUT2D eigenvalue weighted by atomic mass is 32.1. The Morgan fingerprint density at radius 2 is 1.87 bits per heavy atom. The molecule has 9 nitrogen and oxygen atoms in total. The first-order valence-electron chi connectivity index (χ1n) is 8.84. The quantitative estimate of drug-likeness (QED) is 0.370. The number of hydrogen-bond acceptors (Lipinski definition) is 7. The highest BCUT2D eigenvalue weighted by molar-refractivity contribution is 7.09. The predicted octanol–water partition coefficient (Wildman–Crippen LogP) is 2.55. The second-order valence-electron chi connectivity index (χ2n) is 6.46. The van der Waals surface area contributed by atoms with E-state index in [0.717, 1.165) is 22.6 Å². The molecular weight excluding hydrogens is 408 g/mol. The number of thiazole rings is 1. The highest BCUT2D eigenvalue weighted by Crippen LogP contribution is 2.27. The summed E-state index contributed by atoms with van der Waals surface area (Å²) in [6.07, 6.45) is 1.62. The maximum Gasteiger partial charge on any atom is 0.270 e. The minimum atomic E-state index is -0.737. The summed E-state index contributed by atoms with van der Waals surface area (Å²) in [4.78, 5) is 53.2. The summed E-state index contributed by atoms with van der Waals surface area (Å²) < 4.78 is 0. The first-order chi connectivity index (χ1) is 14.5. The van der Waals surface area contributed by atoms with E-state index in [1.54, 1.807) is 11.6 Å². The van der Waals surface area contributed by atoms with E-state index in [1.165, 1.54) is 17.4 Å². The Labute approximate surface area is 174 Å². The lowest BCUT2D eigenvalue weighted by Crippen LogP contribution is -2.41. The van der Waals surface area contributed by atoms with Crippen LogP contribution >= 0.6 is 11.3 Å². The van der Waals surface area contributed by atoms with Gasteiger partial charge in [0.2, 0.25) is 5.91 Å². The van der Waals surface area contributed by atoms with E-state index < -0.39 is 35.2 Å². The van der Waals surface area contributed by atoms with Crippen molar-refractivity contribution in [2.24, 2.45) is 0 Å². The minimum absolute atomic E-state index is 0.0398. The number of nitrogens with one attached hydrogen (secondary N) is 1. The van der Waals surface area contributed by atoms with Crippen LogP contribution in [0.1, 0.15) is 37.3 Å². The van der Waals surface area contributed by atoms with Crippen LogP contribution in [-0.2, 0) is 4.79 Å². The molecule has 30 heavy (non-hydrogen) atoms. The Hall–Kier alpha value is -3.92. The van der Waals surface area contributed by atoms with Crippen molar-refractivity contribution < 1.29 is 19.3 Å². The molecule has 0 bridgehead atoms. The van der Waals surface area contributed by atoms with E-state index in [9.17, 15) is 24.5 Å². The van der Waals surface area contributed by atoms with E-state index >= 15 is 0 Å². The summed E-state index contributed by atoms with van der Waals surface area (Å²) in [5.41, 5.74) is 0.465. The normalized spacial score (nSPS) is 13.8. The van der Waals surface area contributed by atoms with Crippen LogP contribution in [0, 0.1) is 10.1 Å². The second-order valence-corrected chi connectivity index (χ2v) is 7.39. The smallest absolute Gasteiger partial charge is 0.270 e. The van der Waals surface area contributed by atoms with Gasteiger partial charge in [-0.05, 0) is 11.6 Å². The average Bonchev–Trinajstić information content (AvgIpc) is 3.36. The number of non-ortho nitro benzene ring substituents is 1. The zero-order valence-electron chi connectivity index (χ0n) is 15.3. The fraction of sp³-hybridized carbons (Fsp3) is 0.100. The van der Waals surface area contributed by atoms with Gasteiger partial charge in [-0.15, -0.1) is 11.3 Å². The van der Waals surface area contributed by atoms with Gasteiger partial charge in [0.25, 0.3) is 17.5 Å². The van der Waals surface area contributed by atoms with Crippen molar-refractivity contribution in [2.75, 3.05) is 6.54 Å².